The molecule has 4 fully saturated rings. The summed E-state index contributed by atoms with van der Waals surface area (Å²) >= 11 is 0. The molecule has 2 bridgehead atoms. The van der Waals surface area contributed by atoms with Crippen molar-refractivity contribution >= 4 is 36.7 Å². The Kier molecular flexibility index (Phi) is 20.4. The van der Waals surface area contributed by atoms with E-state index in [1.54, 1.807) is 12.3 Å². The minimum absolute atomic E-state index is 0.0505. The van der Waals surface area contributed by atoms with E-state index in [1.807, 2.05) is 0 Å². The highest BCUT2D eigenvalue weighted by molar-refractivity contribution is 6.46. The molecule has 5 amide bonds. The predicted molar refractivity (Wildman–Crippen MR) is 238 cm³/mol. The topological polar surface area (TPSA) is 251 Å². The second-order valence-electron chi connectivity index (χ2n) is 18.3. The quantitative estimate of drug-likeness (QED) is 0.0320. The number of nitrogens with one attached hydrogen (secondary N) is 7. The number of imidazole rings is 1. The van der Waals surface area contributed by atoms with Crippen molar-refractivity contribution < 1.29 is 38.4 Å². The van der Waals surface area contributed by atoms with Gasteiger partial charge in [0.05, 0.1) is 30.6 Å². The number of aliphatic hydroxyl groups is 1. The lowest BCUT2D eigenvalue weighted by atomic mass is 9.43. The van der Waals surface area contributed by atoms with E-state index in [9.17, 15) is 29.1 Å². The highest BCUT2D eigenvalue weighted by Crippen LogP contribution is 2.65. The number of amides is 5. The Morgan fingerprint density at radius 1 is 0.935 bits per heavy atom. The molecule has 0 spiro atoms. The first-order valence-corrected chi connectivity index (χ1v) is 23.1. The van der Waals surface area contributed by atoms with Gasteiger partial charge in [0, 0.05) is 31.3 Å². The fourth-order valence-corrected chi connectivity index (χ4v) is 9.11. The summed E-state index contributed by atoms with van der Waals surface area (Å²) in [4.78, 5) is 74.1. The molecule has 4 aliphatic rings. The number of carbonyl (C=O) groups excluding carboxylic acids is 5. The summed E-state index contributed by atoms with van der Waals surface area (Å²) < 4.78 is 12.7. The predicted octanol–water partition coefficient (Wildman–Crippen LogP) is 2.09. The molecule has 2 heterocycles. The molecule has 1 aromatic rings. The lowest BCUT2D eigenvalue weighted by Crippen LogP contribution is -2.65. The van der Waals surface area contributed by atoms with Crippen LogP contribution < -0.4 is 37.6 Å². The summed E-state index contributed by atoms with van der Waals surface area (Å²) in [6, 6.07) is -4.84. The molecular formula is C44H76BN9O8. The molecule has 1 aromatic heterocycles. The van der Waals surface area contributed by atoms with Gasteiger partial charge in [-0.2, -0.15) is 0 Å². The Morgan fingerprint density at radius 2 is 1.66 bits per heavy atom. The largest absolute Gasteiger partial charge is 0.478 e. The molecule has 348 valence electrons. The number of carbonyl (C=O) groups is 5. The SMILES string of the molecule is CCCCCCCCCCNCCC(=O)NC(/C=C/CCCN)C(=O)N[C@H](C(=O)N[C@@H](C)C(=O)N[C@@H](Cc1cnc[nH]1)C(=O)NCB1OC2C[C@@H]3C[C@@H](C3(C)C)[C@]2(C)O1)[C@@H](C)O. The van der Waals surface area contributed by atoms with Crippen molar-refractivity contribution in [1.82, 2.24) is 41.9 Å². The summed E-state index contributed by atoms with van der Waals surface area (Å²) in [5.74, 6) is -2.12. The van der Waals surface area contributed by atoms with Gasteiger partial charge < -0.3 is 57.0 Å². The fourth-order valence-electron chi connectivity index (χ4n) is 9.11. The molecule has 5 rings (SSSR count). The number of hydrogen-bond donors (Lipinski definition) is 9. The van der Waals surface area contributed by atoms with Crippen LogP contribution in [0.4, 0.5) is 0 Å². The molecule has 3 saturated carbocycles. The van der Waals surface area contributed by atoms with Crippen molar-refractivity contribution in [3.8, 4) is 0 Å². The first kappa shape index (κ1) is 50.8. The minimum Gasteiger partial charge on any atom is -0.404 e. The second kappa shape index (κ2) is 24.9. The molecule has 10 N–H and O–H groups in total. The van der Waals surface area contributed by atoms with E-state index >= 15 is 0 Å². The van der Waals surface area contributed by atoms with Gasteiger partial charge in [0.1, 0.15) is 24.2 Å². The van der Waals surface area contributed by atoms with E-state index in [-0.39, 0.29) is 36.7 Å². The molecule has 0 radical (unpaired) electrons. The van der Waals surface area contributed by atoms with Gasteiger partial charge in [0.2, 0.25) is 29.5 Å². The molecule has 3 aliphatic carbocycles. The Morgan fingerprint density at radius 3 is 2.32 bits per heavy atom. The highest BCUT2D eigenvalue weighted by atomic mass is 16.7. The maximum Gasteiger partial charge on any atom is 0.478 e. The first-order chi connectivity index (χ1) is 29.6. The van der Waals surface area contributed by atoms with E-state index < -0.39 is 66.6 Å². The van der Waals surface area contributed by atoms with Crippen LogP contribution in [-0.2, 0) is 39.7 Å². The van der Waals surface area contributed by atoms with Crippen LogP contribution in [0, 0.1) is 17.3 Å². The van der Waals surface area contributed by atoms with E-state index in [1.165, 1.54) is 64.8 Å². The number of nitrogens with zero attached hydrogens (tertiary/aromatic N) is 1. The molecule has 1 saturated heterocycles. The van der Waals surface area contributed by atoms with Crippen LogP contribution in [0.2, 0.25) is 0 Å². The number of aromatic nitrogens is 2. The van der Waals surface area contributed by atoms with Gasteiger partial charge in [-0.05, 0) is 83.2 Å². The van der Waals surface area contributed by atoms with E-state index in [0.717, 1.165) is 32.2 Å². The summed E-state index contributed by atoms with van der Waals surface area (Å²) in [5.41, 5.74) is 5.96. The number of unbranched alkanes of at least 4 members (excludes halogenated alkanes) is 8. The summed E-state index contributed by atoms with van der Waals surface area (Å²) in [5, 5.41) is 27.3. The lowest BCUT2D eigenvalue weighted by molar-refractivity contribution is -0.199. The molecule has 1 aliphatic heterocycles. The molecule has 0 aromatic carbocycles. The Bertz CT molecular complexity index is 1610. The van der Waals surface area contributed by atoms with Gasteiger partial charge in [-0.1, -0.05) is 77.9 Å². The summed E-state index contributed by atoms with van der Waals surface area (Å²) in [7, 11) is -0.640. The zero-order valence-corrected chi connectivity index (χ0v) is 38.1. The first-order valence-electron chi connectivity index (χ1n) is 23.1. The van der Waals surface area contributed by atoms with Crippen LogP contribution in [0.15, 0.2) is 24.7 Å². The molecule has 2 unspecified atom stereocenters. The average molecular weight is 870 g/mol. The molecular weight excluding hydrogens is 793 g/mol. The molecule has 9 atom stereocenters. The third-order valence-corrected chi connectivity index (χ3v) is 13.1. The van der Waals surface area contributed by atoms with Crippen molar-refractivity contribution in [2.45, 2.75) is 173 Å². The van der Waals surface area contributed by atoms with Gasteiger partial charge in [-0.25, -0.2) is 4.98 Å². The van der Waals surface area contributed by atoms with Crippen molar-refractivity contribution in [2.75, 3.05) is 26.1 Å². The van der Waals surface area contributed by atoms with Crippen LogP contribution in [0.5, 0.6) is 0 Å². The summed E-state index contributed by atoms with van der Waals surface area (Å²) in [6.45, 7) is 13.3. The maximum absolute atomic E-state index is 13.6. The lowest BCUT2D eigenvalue weighted by Gasteiger charge is -2.64. The number of aromatic amines is 1. The maximum atomic E-state index is 13.6. The number of H-pyrrole nitrogens is 1. The van der Waals surface area contributed by atoms with Gasteiger partial charge in [0.25, 0.3) is 0 Å². The molecule has 18 heteroatoms. The number of hydrogen-bond acceptors (Lipinski definition) is 11. The Balaban J connectivity index is 1.27. The third kappa shape index (κ3) is 14.6. The van der Waals surface area contributed by atoms with Crippen LogP contribution in [-0.4, -0.2) is 120 Å². The van der Waals surface area contributed by atoms with Crippen LogP contribution in [0.3, 0.4) is 0 Å². The number of nitrogens with two attached hydrogens (primary N) is 1. The minimum atomic E-state index is -1.47. The van der Waals surface area contributed by atoms with Crippen molar-refractivity contribution in [3.63, 3.8) is 0 Å². The Labute approximate surface area is 368 Å². The molecule has 17 nitrogen and oxygen atoms in total. The highest BCUT2D eigenvalue weighted by Gasteiger charge is 2.67. The smallest absolute Gasteiger partial charge is 0.404 e. The second-order valence-corrected chi connectivity index (χ2v) is 18.3. The van der Waals surface area contributed by atoms with E-state index in [2.05, 4.69) is 69.6 Å². The number of allylic oxidation sites excluding steroid dienone is 1. The van der Waals surface area contributed by atoms with Crippen molar-refractivity contribution in [1.29, 1.82) is 0 Å². The normalized spacial score (nSPS) is 23.6. The third-order valence-electron chi connectivity index (χ3n) is 13.1. The van der Waals surface area contributed by atoms with Gasteiger partial charge >= 0.3 is 7.12 Å². The van der Waals surface area contributed by atoms with Gasteiger partial charge in [0.15, 0.2) is 0 Å². The van der Waals surface area contributed by atoms with E-state index in [4.69, 9.17) is 15.0 Å². The van der Waals surface area contributed by atoms with Crippen molar-refractivity contribution in [2.24, 2.45) is 23.0 Å². The van der Waals surface area contributed by atoms with Crippen molar-refractivity contribution in [3.05, 3.63) is 30.4 Å². The average Bonchev–Trinajstić information content (AvgIpc) is 3.88. The monoisotopic (exact) mass is 870 g/mol. The van der Waals surface area contributed by atoms with E-state index in [0.29, 0.717) is 43.5 Å². The number of aliphatic hydroxyl groups excluding tert-OH is 1. The van der Waals surface area contributed by atoms with Crippen LogP contribution in [0.25, 0.3) is 0 Å². The van der Waals surface area contributed by atoms with Gasteiger partial charge in [-0.15, -0.1) is 0 Å². The standard InChI is InChI=1S/C44H76BN9O8/c1-7-8-9-10-11-12-13-17-21-47-22-19-37(56)52-33(18-15-14-16-20-46)41(59)54-38(30(3)55)42(60)51-29(2)39(57)53-34(25-32-26-48-28-50-32)40(58)49-27-45-61-36-24-31-23-35(43(31,4)5)44(36,6)62-45/h15,18,26,28-31,33-36,38,47,55H,7-14,16-17,19-25,27,46H2,1-6H3,(H,48,50)(H,49,58)(H,51,60)(H,52,56)(H,53,57)(H,54,59)/b18-15+/t29-,30+,31-,33?,34-,35-,36?,38-,44-/m0/s1. The Hall–Kier alpha value is -3.84. The zero-order valence-electron chi connectivity index (χ0n) is 38.1. The van der Waals surface area contributed by atoms with Gasteiger partial charge in [-0.3, -0.25) is 24.0 Å². The fraction of sp³-hybridized carbons (Fsp3) is 0.773. The zero-order chi connectivity index (χ0) is 45.3. The summed E-state index contributed by atoms with van der Waals surface area (Å²) in [6.07, 6.45) is 18.2. The number of rotatable bonds is 29. The molecule has 62 heavy (non-hydrogen) atoms. The van der Waals surface area contributed by atoms with Crippen LogP contribution in [0.1, 0.15) is 131 Å². The van der Waals surface area contributed by atoms with Crippen LogP contribution >= 0.6 is 0 Å².